The quantitative estimate of drug-likeness (QED) is 0.598. The van der Waals surface area contributed by atoms with Crippen molar-refractivity contribution in [2.75, 3.05) is 14.2 Å². The fourth-order valence-electron chi connectivity index (χ4n) is 1.54. The van der Waals surface area contributed by atoms with Crippen LogP contribution in [0.2, 0.25) is 0 Å². The number of hydrogen-bond acceptors (Lipinski definition) is 3. The SMILES string of the molecule is CON(C)C(=O)[C@@H]1[C@H]2C=CS[C@H]21. The lowest BCUT2D eigenvalue weighted by Crippen LogP contribution is -2.28. The summed E-state index contributed by atoms with van der Waals surface area (Å²) in [4.78, 5) is 16.3. The molecule has 1 heterocycles. The Kier molecular flexibility index (Phi) is 1.88. The zero-order chi connectivity index (χ0) is 8.72. The highest BCUT2D eigenvalue weighted by molar-refractivity contribution is 8.03. The van der Waals surface area contributed by atoms with E-state index in [1.807, 2.05) is 0 Å². The first kappa shape index (κ1) is 8.13. The number of thioether (sulfide) groups is 1. The van der Waals surface area contributed by atoms with E-state index in [4.69, 9.17) is 4.84 Å². The minimum absolute atomic E-state index is 0.101. The summed E-state index contributed by atoms with van der Waals surface area (Å²) in [5.74, 6) is 0.745. The normalized spacial score (nSPS) is 36.3. The largest absolute Gasteiger partial charge is 0.275 e. The van der Waals surface area contributed by atoms with E-state index >= 15 is 0 Å². The second-order valence-electron chi connectivity index (χ2n) is 3.05. The van der Waals surface area contributed by atoms with Gasteiger partial charge in [0, 0.05) is 18.2 Å². The Labute approximate surface area is 75.7 Å². The first-order valence-electron chi connectivity index (χ1n) is 3.89. The third-order valence-corrected chi connectivity index (χ3v) is 3.65. The van der Waals surface area contributed by atoms with Gasteiger partial charge in [-0.05, 0) is 5.41 Å². The van der Waals surface area contributed by atoms with Gasteiger partial charge in [0.1, 0.15) is 0 Å². The van der Waals surface area contributed by atoms with Gasteiger partial charge >= 0.3 is 0 Å². The molecule has 0 N–H and O–H groups in total. The first-order chi connectivity index (χ1) is 5.75. The smallest absolute Gasteiger partial charge is 0.250 e. The second kappa shape index (κ2) is 2.78. The van der Waals surface area contributed by atoms with Gasteiger partial charge in [0.05, 0.1) is 13.0 Å². The summed E-state index contributed by atoms with van der Waals surface area (Å²) < 4.78 is 0. The van der Waals surface area contributed by atoms with E-state index in [1.54, 1.807) is 18.8 Å². The summed E-state index contributed by atoms with van der Waals surface area (Å²) in [6.45, 7) is 0. The van der Waals surface area contributed by atoms with E-state index < -0.39 is 0 Å². The van der Waals surface area contributed by atoms with Gasteiger partial charge in [-0.3, -0.25) is 9.63 Å². The lowest BCUT2D eigenvalue weighted by molar-refractivity contribution is -0.170. The Morgan fingerprint density at radius 1 is 1.67 bits per heavy atom. The zero-order valence-electron chi connectivity index (χ0n) is 7.06. The van der Waals surface area contributed by atoms with Gasteiger partial charge in [0.25, 0.3) is 5.91 Å². The molecule has 4 heteroatoms. The average Bonchev–Trinajstić information content (AvgIpc) is 2.56. The zero-order valence-corrected chi connectivity index (χ0v) is 7.88. The Bertz CT molecular complexity index is 241. The van der Waals surface area contributed by atoms with Crippen molar-refractivity contribution in [2.24, 2.45) is 11.8 Å². The highest BCUT2D eigenvalue weighted by atomic mass is 32.2. The minimum atomic E-state index is 0.101. The van der Waals surface area contributed by atoms with E-state index in [2.05, 4.69) is 11.5 Å². The van der Waals surface area contributed by atoms with Gasteiger partial charge < -0.3 is 0 Å². The number of hydroxylamine groups is 2. The maximum Gasteiger partial charge on any atom is 0.250 e. The van der Waals surface area contributed by atoms with Crippen molar-refractivity contribution >= 4 is 17.7 Å². The summed E-state index contributed by atoms with van der Waals surface area (Å²) in [5, 5.41) is 3.89. The van der Waals surface area contributed by atoms with Crippen LogP contribution < -0.4 is 0 Å². The molecule has 1 saturated carbocycles. The second-order valence-corrected chi connectivity index (χ2v) is 4.14. The molecule has 0 bridgehead atoms. The van der Waals surface area contributed by atoms with Gasteiger partial charge in [0.15, 0.2) is 0 Å². The standard InChI is InChI=1S/C8H11NO2S/c1-9(11-2)8(10)6-5-3-4-12-7(5)6/h3-7H,1-2H3/t5-,6-,7-/m1/s1. The van der Waals surface area contributed by atoms with Crippen molar-refractivity contribution < 1.29 is 9.63 Å². The molecule has 0 aromatic rings. The number of carbonyl (C=O) groups excluding carboxylic acids is 1. The highest BCUT2D eigenvalue weighted by Gasteiger charge is 2.56. The molecule has 2 rings (SSSR count). The van der Waals surface area contributed by atoms with Crippen LogP contribution in [0.25, 0.3) is 0 Å². The van der Waals surface area contributed by atoms with Crippen molar-refractivity contribution in [3.05, 3.63) is 11.5 Å². The number of allylic oxidation sites excluding steroid dienone is 1. The first-order valence-corrected chi connectivity index (χ1v) is 4.84. The number of fused-ring (bicyclic) bond motifs is 1. The number of hydrogen-bond donors (Lipinski definition) is 0. The summed E-state index contributed by atoms with van der Waals surface area (Å²) in [6, 6.07) is 0. The van der Waals surface area contributed by atoms with Crippen molar-refractivity contribution in [3.63, 3.8) is 0 Å². The van der Waals surface area contributed by atoms with Gasteiger partial charge in [-0.25, -0.2) is 5.06 Å². The molecule has 0 aromatic carbocycles. The van der Waals surface area contributed by atoms with Gasteiger partial charge in [0.2, 0.25) is 0 Å². The molecule has 0 aromatic heterocycles. The molecule has 12 heavy (non-hydrogen) atoms. The predicted octanol–water partition coefficient (Wildman–Crippen LogP) is 0.881. The molecule has 66 valence electrons. The van der Waals surface area contributed by atoms with Crippen LogP contribution in [0, 0.1) is 11.8 Å². The van der Waals surface area contributed by atoms with E-state index in [0.717, 1.165) is 0 Å². The van der Waals surface area contributed by atoms with E-state index in [-0.39, 0.29) is 11.8 Å². The van der Waals surface area contributed by atoms with Crippen LogP contribution >= 0.6 is 11.8 Å². The Hall–Kier alpha value is -0.480. The molecule has 1 aliphatic carbocycles. The molecular formula is C8H11NO2S. The molecular weight excluding hydrogens is 174 g/mol. The van der Waals surface area contributed by atoms with Crippen LogP contribution in [0.1, 0.15) is 0 Å². The van der Waals surface area contributed by atoms with Crippen LogP contribution in [0.5, 0.6) is 0 Å². The molecule has 2 aliphatic rings. The summed E-state index contributed by atoms with van der Waals surface area (Å²) in [7, 11) is 3.17. The Morgan fingerprint density at radius 2 is 2.42 bits per heavy atom. The fraction of sp³-hybridized carbons (Fsp3) is 0.625. The third-order valence-electron chi connectivity index (χ3n) is 2.41. The van der Waals surface area contributed by atoms with Crippen LogP contribution in [-0.4, -0.2) is 30.4 Å². The maximum atomic E-state index is 11.5. The van der Waals surface area contributed by atoms with Gasteiger partial charge in [-0.15, -0.1) is 11.8 Å². The van der Waals surface area contributed by atoms with Crippen molar-refractivity contribution in [2.45, 2.75) is 5.25 Å². The molecule has 1 amide bonds. The number of carbonyl (C=O) groups is 1. The van der Waals surface area contributed by atoms with Gasteiger partial charge in [-0.1, -0.05) is 6.08 Å². The van der Waals surface area contributed by atoms with Crippen molar-refractivity contribution in [3.8, 4) is 0 Å². The van der Waals surface area contributed by atoms with E-state index in [9.17, 15) is 4.79 Å². The topological polar surface area (TPSA) is 29.5 Å². The number of amides is 1. The molecule has 0 unspecified atom stereocenters. The molecule has 0 spiro atoms. The summed E-state index contributed by atoms with van der Waals surface area (Å²) in [5.41, 5.74) is 0. The fourth-order valence-corrected chi connectivity index (χ4v) is 2.81. The van der Waals surface area contributed by atoms with Crippen LogP contribution in [-0.2, 0) is 9.63 Å². The Balaban J connectivity index is 1.96. The lowest BCUT2D eigenvalue weighted by Gasteiger charge is -2.13. The van der Waals surface area contributed by atoms with Crippen molar-refractivity contribution in [1.29, 1.82) is 0 Å². The minimum Gasteiger partial charge on any atom is -0.275 e. The number of nitrogens with zero attached hydrogens (tertiary/aromatic N) is 1. The predicted molar refractivity (Wildman–Crippen MR) is 47.3 cm³/mol. The van der Waals surface area contributed by atoms with Crippen LogP contribution in [0.4, 0.5) is 0 Å². The molecule has 1 fully saturated rings. The van der Waals surface area contributed by atoms with E-state index in [1.165, 1.54) is 12.2 Å². The average molecular weight is 185 g/mol. The highest BCUT2D eigenvalue weighted by Crippen LogP contribution is 2.55. The monoisotopic (exact) mass is 185 g/mol. The summed E-state index contributed by atoms with van der Waals surface area (Å²) >= 11 is 1.75. The molecule has 3 nitrogen and oxygen atoms in total. The van der Waals surface area contributed by atoms with Crippen molar-refractivity contribution in [1.82, 2.24) is 5.06 Å². The third kappa shape index (κ3) is 1.06. The lowest BCUT2D eigenvalue weighted by atomic mass is 10.3. The van der Waals surface area contributed by atoms with Gasteiger partial charge in [-0.2, -0.15) is 0 Å². The van der Waals surface area contributed by atoms with E-state index in [0.29, 0.717) is 11.2 Å². The van der Waals surface area contributed by atoms with Crippen LogP contribution in [0.3, 0.4) is 0 Å². The maximum absolute atomic E-state index is 11.5. The molecule has 1 aliphatic heterocycles. The number of rotatable bonds is 2. The molecule has 0 saturated heterocycles. The summed E-state index contributed by atoms with van der Waals surface area (Å²) in [6.07, 6.45) is 2.11. The molecule has 3 atom stereocenters. The van der Waals surface area contributed by atoms with Crippen LogP contribution in [0.15, 0.2) is 11.5 Å². The molecule has 0 radical (unpaired) electrons. The Morgan fingerprint density at radius 3 is 2.92 bits per heavy atom.